The van der Waals surface area contributed by atoms with Crippen LogP contribution in [0.5, 0.6) is 0 Å². The van der Waals surface area contributed by atoms with Crippen LogP contribution >= 0.6 is 27.7 Å². The van der Waals surface area contributed by atoms with Gasteiger partial charge < -0.3 is 5.32 Å². The average Bonchev–Trinajstić information content (AvgIpc) is 2.74. The van der Waals surface area contributed by atoms with E-state index in [1.165, 1.54) is 0 Å². The fourth-order valence-electron chi connectivity index (χ4n) is 1.47. The number of carbonyl (C=O) groups excluding carboxylic acids is 1. The van der Waals surface area contributed by atoms with Gasteiger partial charge in [-0.2, -0.15) is 0 Å². The normalized spacial score (nSPS) is 20.2. The van der Waals surface area contributed by atoms with E-state index in [0.717, 1.165) is 28.8 Å². The van der Waals surface area contributed by atoms with Gasteiger partial charge in [0.25, 0.3) is 0 Å². The first-order valence-electron chi connectivity index (χ1n) is 4.79. The molecular weight excluding hydrogens is 276 g/mol. The van der Waals surface area contributed by atoms with Crippen molar-refractivity contribution in [3.63, 3.8) is 0 Å². The minimum atomic E-state index is 0.101. The van der Waals surface area contributed by atoms with E-state index >= 15 is 0 Å². The largest absolute Gasteiger partial charge is 0.324 e. The van der Waals surface area contributed by atoms with E-state index in [1.807, 2.05) is 0 Å². The van der Waals surface area contributed by atoms with Crippen LogP contribution in [0.4, 0.5) is 5.69 Å². The summed E-state index contributed by atoms with van der Waals surface area (Å²) >= 11 is 5.08. The van der Waals surface area contributed by atoms with E-state index in [9.17, 15) is 4.79 Å². The number of pyridine rings is 1. The van der Waals surface area contributed by atoms with Crippen molar-refractivity contribution in [2.75, 3.05) is 11.1 Å². The highest BCUT2D eigenvalue weighted by molar-refractivity contribution is 9.10. The standard InChI is InChI=1S/C10H11BrN2OS/c11-7-6-12-4-3-8(7)13-10(14)9-2-1-5-15-9/h3-4,6,9H,1-2,5H2,(H,12,13,14). The van der Waals surface area contributed by atoms with Crippen molar-refractivity contribution in [3.05, 3.63) is 22.9 Å². The zero-order valence-electron chi connectivity index (χ0n) is 8.07. The molecule has 0 aromatic carbocycles. The number of aromatic nitrogens is 1. The summed E-state index contributed by atoms with van der Waals surface area (Å²) in [6, 6.07) is 1.79. The molecule has 0 saturated carbocycles. The van der Waals surface area contributed by atoms with Crippen LogP contribution < -0.4 is 5.32 Å². The highest BCUT2D eigenvalue weighted by atomic mass is 79.9. The number of carbonyl (C=O) groups is 1. The summed E-state index contributed by atoms with van der Waals surface area (Å²) in [5, 5.41) is 3.02. The minimum Gasteiger partial charge on any atom is -0.324 e. The molecule has 2 rings (SSSR count). The van der Waals surface area contributed by atoms with Crippen LogP contribution in [0.25, 0.3) is 0 Å². The molecule has 1 atom stereocenters. The number of halogens is 1. The molecule has 80 valence electrons. The van der Waals surface area contributed by atoms with Crippen molar-refractivity contribution in [3.8, 4) is 0 Å². The molecule has 15 heavy (non-hydrogen) atoms. The molecule has 0 bridgehead atoms. The molecule has 3 nitrogen and oxygen atoms in total. The summed E-state index contributed by atoms with van der Waals surface area (Å²) in [6.07, 6.45) is 5.47. The Labute approximate surface area is 101 Å². The highest BCUT2D eigenvalue weighted by Gasteiger charge is 2.23. The number of amides is 1. The van der Waals surface area contributed by atoms with Crippen molar-refractivity contribution in [2.45, 2.75) is 18.1 Å². The average molecular weight is 287 g/mol. The third kappa shape index (κ3) is 2.72. The van der Waals surface area contributed by atoms with Crippen LogP contribution in [0.15, 0.2) is 22.9 Å². The molecule has 1 aliphatic rings. The van der Waals surface area contributed by atoms with Crippen molar-refractivity contribution >= 4 is 39.3 Å². The van der Waals surface area contributed by atoms with Crippen LogP contribution in [0.1, 0.15) is 12.8 Å². The Kier molecular flexibility index (Phi) is 3.64. The second kappa shape index (κ2) is 4.99. The maximum atomic E-state index is 11.8. The van der Waals surface area contributed by atoms with Gasteiger partial charge in [-0.25, -0.2) is 0 Å². The van der Waals surface area contributed by atoms with Gasteiger partial charge in [0, 0.05) is 12.4 Å². The van der Waals surface area contributed by atoms with Crippen molar-refractivity contribution in [1.29, 1.82) is 0 Å². The van der Waals surface area contributed by atoms with E-state index in [1.54, 1.807) is 30.2 Å². The maximum absolute atomic E-state index is 11.8. The Balaban J connectivity index is 2.02. The molecule has 0 radical (unpaired) electrons. The van der Waals surface area contributed by atoms with Crippen molar-refractivity contribution in [1.82, 2.24) is 4.98 Å². The molecular formula is C10H11BrN2OS. The molecule has 1 saturated heterocycles. The molecule has 1 fully saturated rings. The molecule has 5 heteroatoms. The topological polar surface area (TPSA) is 42.0 Å². The predicted octanol–water partition coefficient (Wildman–Crippen LogP) is 2.68. The first-order valence-corrected chi connectivity index (χ1v) is 6.63. The summed E-state index contributed by atoms with van der Waals surface area (Å²) in [7, 11) is 0. The summed E-state index contributed by atoms with van der Waals surface area (Å²) < 4.78 is 0.821. The fourth-order valence-corrected chi connectivity index (χ4v) is 2.99. The minimum absolute atomic E-state index is 0.101. The van der Waals surface area contributed by atoms with Gasteiger partial charge in [-0.15, -0.1) is 11.8 Å². The Morgan fingerprint density at radius 1 is 1.67 bits per heavy atom. The lowest BCUT2D eigenvalue weighted by atomic mass is 10.2. The summed E-state index contributed by atoms with van der Waals surface area (Å²) in [6.45, 7) is 0. The number of anilines is 1. The third-order valence-electron chi connectivity index (χ3n) is 2.25. The SMILES string of the molecule is O=C(Nc1ccncc1Br)C1CCCS1. The van der Waals surface area contributed by atoms with E-state index in [2.05, 4.69) is 26.2 Å². The summed E-state index contributed by atoms with van der Waals surface area (Å²) in [5.74, 6) is 1.19. The number of hydrogen-bond donors (Lipinski definition) is 1. The number of nitrogens with zero attached hydrogens (tertiary/aromatic N) is 1. The van der Waals surface area contributed by atoms with Gasteiger partial charge in [0.05, 0.1) is 15.4 Å². The van der Waals surface area contributed by atoms with Crippen LogP contribution in [0.3, 0.4) is 0 Å². The molecule has 2 heterocycles. The van der Waals surface area contributed by atoms with Gasteiger partial charge in [0.2, 0.25) is 5.91 Å². The van der Waals surface area contributed by atoms with Crippen molar-refractivity contribution in [2.24, 2.45) is 0 Å². The molecule has 1 aliphatic heterocycles. The second-order valence-electron chi connectivity index (χ2n) is 3.35. The van der Waals surface area contributed by atoms with Crippen molar-refractivity contribution < 1.29 is 4.79 Å². The Morgan fingerprint density at radius 2 is 2.53 bits per heavy atom. The number of hydrogen-bond acceptors (Lipinski definition) is 3. The molecule has 1 aromatic rings. The number of rotatable bonds is 2. The highest BCUT2D eigenvalue weighted by Crippen LogP contribution is 2.28. The quantitative estimate of drug-likeness (QED) is 0.909. The lowest BCUT2D eigenvalue weighted by Crippen LogP contribution is -2.23. The monoisotopic (exact) mass is 286 g/mol. The lowest BCUT2D eigenvalue weighted by Gasteiger charge is -2.10. The van der Waals surface area contributed by atoms with Gasteiger partial charge in [0.1, 0.15) is 0 Å². The zero-order valence-corrected chi connectivity index (χ0v) is 10.5. The Hall–Kier alpha value is -0.550. The molecule has 0 aliphatic carbocycles. The zero-order chi connectivity index (χ0) is 10.7. The molecule has 1 unspecified atom stereocenters. The van der Waals surface area contributed by atoms with Crippen LogP contribution in [-0.2, 0) is 4.79 Å². The first-order chi connectivity index (χ1) is 7.27. The number of thioether (sulfide) groups is 1. The smallest absolute Gasteiger partial charge is 0.237 e. The summed E-state index contributed by atoms with van der Waals surface area (Å²) in [5.41, 5.74) is 0.794. The Bertz CT molecular complexity index is 366. The molecule has 1 aromatic heterocycles. The van der Waals surface area contributed by atoms with Gasteiger partial charge in [0.15, 0.2) is 0 Å². The molecule has 0 spiro atoms. The molecule has 1 amide bonds. The predicted molar refractivity (Wildman–Crippen MR) is 66.0 cm³/mol. The number of nitrogens with one attached hydrogen (secondary N) is 1. The van der Waals surface area contributed by atoms with Crippen LogP contribution in [0, 0.1) is 0 Å². The van der Waals surface area contributed by atoms with E-state index < -0.39 is 0 Å². The first kappa shape index (κ1) is 11.0. The summed E-state index contributed by atoms with van der Waals surface area (Å²) in [4.78, 5) is 15.7. The van der Waals surface area contributed by atoms with Crippen LogP contribution in [-0.4, -0.2) is 21.9 Å². The fraction of sp³-hybridized carbons (Fsp3) is 0.400. The Morgan fingerprint density at radius 3 is 3.20 bits per heavy atom. The van der Waals surface area contributed by atoms with E-state index in [0.29, 0.717) is 0 Å². The maximum Gasteiger partial charge on any atom is 0.237 e. The van der Waals surface area contributed by atoms with E-state index in [4.69, 9.17) is 0 Å². The lowest BCUT2D eigenvalue weighted by molar-refractivity contribution is -0.115. The molecule has 1 N–H and O–H groups in total. The third-order valence-corrected chi connectivity index (χ3v) is 4.26. The van der Waals surface area contributed by atoms with E-state index in [-0.39, 0.29) is 11.2 Å². The van der Waals surface area contributed by atoms with Gasteiger partial charge >= 0.3 is 0 Å². The van der Waals surface area contributed by atoms with Gasteiger partial charge in [-0.3, -0.25) is 9.78 Å². The van der Waals surface area contributed by atoms with Gasteiger partial charge in [-0.05, 0) is 40.6 Å². The second-order valence-corrected chi connectivity index (χ2v) is 5.51. The van der Waals surface area contributed by atoms with Crippen LogP contribution in [0.2, 0.25) is 0 Å². The van der Waals surface area contributed by atoms with Gasteiger partial charge in [-0.1, -0.05) is 0 Å².